The van der Waals surface area contributed by atoms with E-state index in [1.165, 1.54) is 12.1 Å². The van der Waals surface area contributed by atoms with Crippen LogP contribution in [0.4, 0.5) is 17.6 Å². The highest BCUT2D eigenvalue weighted by molar-refractivity contribution is 5.43. The van der Waals surface area contributed by atoms with E-state index in [-0.39, 0.29) is 10.0 Å². The number of quaternary nitrogens is 1. The molecule has 0 saturated carbocycles. The van der Waals surface area contributed by atoms with Gasteiger partial charge in [-0.05, 0) is 44.2 Å². The summed E-state index contributed by atoms with van der Waals surface area (Å²) in [6.07, 6.45) is 0.943. The topological polar surface area (TPSA) is 46.2 Å². The smallest absolute Gasteiger partial charge is 0.416 e. The quantitative estimate of drug-likeness (QED) is 0.570. The molecule has 0 spiro atoms. The molecule has 2 unspecified atom stereocenters. The number of rotatable bonds is 3. The van der Waals surface area contributed by atoms with Gasteiger partial charge in [0.2, 0.25) is 0 Å². The number of phenolic OH excluding ortho intramolecular Hbond substituents is 1. The number of phenols is 1. The Morgan fingerprint density at radius 3 is 2.59 bits per heavy atom. The molecule has 3 N–H and O–H groups in total. The van der Waals surface area contributed by atoms with Crippen LogP contribution in [0, 0.1) is 0 Å². The first-order valence-corrected chi connectivity index (χ1v) is 8.65. The molecule has 2 atom stereocenters. The molecule has 27 heavy (non-hydrogen) atoms. The van der Waals surface area contributed by atoms with E-state index >= 15 is 0 Å². The van der Waals surface area contributed by atoms with Crippen LogP contribution in [0.25, 0.3) is 0 Å². The standard InChI is InChI=1S/C20H24F4N2O/c1-13(25)9-11-26(3)10-5-4-6-17(21)14(2)19(26)16-8-7-15(12-18(16)27)20(22,23)24/h4,6-9,12,19H,5,10-11,25H2,1-3H3/p+1/b6-4-,13-9+,17-14-. The van der Waals surface area contributed by atoms with Crippen molar-refractivity contribution in [3.63, 3.8) is 0 Å². The third-order valence-corrected chi connectivity index (χ3v) is 4.96. The minimum absolute atomic E-state index is 0.261. The van der Waals surface area contributed by atoms with E-state index in [1.54, 1.807) is 19.9 Å². The van der Waals surface area contributed by atoms with Crippen LogP contribution in [-0.4, -0.2) is 29.7 Å². The van der Waals surface area contributed by atoms with Gasteiger partial charge in [-0.15, -0.1) is 0 Å². The number of likely N-dealkylation sites (N-methyl/N-ethyl adjacent to an activating group) is 1. The van der Waals surface area contributed by atoms with Crippen LogP contribution in [0.15, 0.2) is 53.5 Å². The maximum atomic E-state index is 14.6. The SMILES string of the molecule is C/C1=C(F)\C=C/CC[N+](C)(C/C=C(\C)N)C1c1ccc(C(F)(F)F)cc1O. The number of hydrogen-bond acceptors (Lipinski definition) is 2. The van der Waals surface area contributed by atoms with Crippen LogP contribution in [-0.2, 0) is 6.18 Å². The molecule has 1 aromatic carbocycles. The van der Waals surface area contributed by atoms with Crippen LogP contribution in [0.2, 0.25) is 0 Å². The number of benzene rings is 1. The third-order valence-electron chi connectivity index (χ3n) is 4.96. The van der Waals surface area contributed by atoms with E-state index in [0.717, 1.165) is 6.07 Å². The van der Waals surface area contributed by atoms with E-state index < -0.39 is 29.4 Å². The molecule has 0 aliphatic carbocycles. The Morgan fingerprint density at radius 2 is 2.04 bits per heavy atom. The maximum absolute atomic E-state index is 14.6. The van der Waals surface area contributed by atoms with Gasteiger partial charge in [-0.2, -0.15) is 13.2 Å². The Hall–Kier alpha value is -2.28. The Kier molecular flexibility index (Phi) is 6.04. The van der Waals surface area contributed by atoms with Crippen LogP contribution >= 0.6 is 0 Å². The molecule has 0 fully saturated rings. The van der Waals surface area contributed by atoms with Crippen molar-refractivity contribution in [3.05, 3.63) is 64.7 Å². The molecule has 3 nitrogen and oxygen atoms in total. The summed E-state index contributed by atoms with van der Waals surface area (Å²) in [5, 5.41) is 10.4. The van der Waals surface area contributed by atoms with Gasteiger partial charge in [0.25, 0.3) is 0 Å². The number of halogens is 4. The lowest BCUT2D eigenvalue weighted by Gasteiger charge is -2.42. The third kappa shape index (κ3) is 4.71. The van der Waals surface area contributed by atoms with Crippen LogP contribution in [0.1, 0.15) is 37.4 Å². The van der Waals surface area contributed by atoms with E-state index in [2.05, 4.69) is 0 Å². The molecule has 0 bridgehead atoms. The molecule has 1 aromatic rings. The Bertz CT molecular complexity index is 792. The predicted octanol–water partition coefficient (Wildman–Crippen LogP) is 4.96. The second-order valence-corrected chi connectivity index (χ2v) is 7.23. The normalized spacial score (nSPS) is 28.6. The van der Waals surface area contributed by atoms with Crippen molar-refractivity contribution in [2.45, 2.75) is 32.5 Å². The summed E-state index contributed by atoms with van der Waals surface area (Å²) in [7, 11) is 1.89. The first kappa shape index (κ1) is 21.0. The predicted molar refractivity (Wildman–Crippen MR) is 97.3 cm³/mol. The summed E-state index contributed by atoms with van der Waals surface area (Å²) >= 11 is 0. The minimum atomic E-state index is -4.56. The summed E-state index contributed by atoms with van der Waals surface area (Å²) in [6, 6.07) is 2.21. The van der Waals surface area contributed by atoms with Crippen molar-refractivity contribution in [2.75, 3.05) is 20.1 Å². The lowest BCUT2D eigenvalue weighted by molar-refractivity contribution is -0.928. The van der Waals surface area contributed by atoms with E-state index in [9.17, 15) is 22.7 Å². The lowest BCUT2D eigenvalue weighted by Crippen LogP contribution is -2.49. The van der Waals surface area contributed by atoms with Gasteiger partial charge in [0.1, 0.15) is 17.6 Å². The highest BCUT2D eigenvalue weighted by Gasteiger charge is 2.39. The average Bonchev–Trinajstić information content (AvgIpc) is 2.56. The molecule has 0 radical (unpaired) electrons. The summed E-state index contributed by atoms with van der Waals surface area (Å²) < 4.78 is 53.7. The molecule has 148 valence electrons. The molecule has 1 heterocycles. The summed E-state index contributed by atoms with van der Waals surface area (Å²) in [6.45, 7) is 4.40. The largest absolute Gasteiger partial charge is 0.507 e. The Morgan fingerprint density at radius 1 is 1.37 bits per heavy atom. The number of alkyl halides is 3. The van der Waals surface area contributed by atoms with Crippen molar-refractivity contribution in [3.8, 4) is 5.75 Å². The van der Waals surface area contributed by atoms with Crippen molar-refractivity contribution in [1.82, 2.24) is 0 Å². The summed E-state index contributed by atoms with van der Waals surface area (Å²) in [4.78, 5) is 0. The minimum Gasteiger partial charge on any atom is -0.507 e. The maximum Gasteiger partial charge on any atom is 0.416 e. The van der Waals surface area contributed by atoms with Gasteiger partial charge in [-0.25, -0.2) is 4.39 Å². The Balaban J connectivity index is 2.64. The number of hydrogen-bond donors (Lipinski definition) is 2. The van der Waals surface area contributed by atoms with Crippen molar-refractivity contribution in [2.24, 2.45) is 5.73 Å². The molecular weight excluding hydrogens is 360 g/mol. The summed E-state index contributed by atoms with van der Waals surface area (Å²) in [5.74, 6) is -0.943. The van der Waals surface area contributed by atoms with E-state index in [4.69, 9.17) is 5.73 Å². The fourth-order valence-electron chi connectivity index (χ4n) is 3.48. The average molecular weight is 385 g/mol. The van der Waals surface area contributed by atoms with Gasteiger partial charge in [0.15, 0.2) is 0 Å². The van der Waals surface area contributed by atoms with Gasteiger partial charge in [0.05, 0.1) is 31.3 Å². The fraction of sp³-hybridized carbons (Fsp3) is 0.400. The molecule has 1 aliphatic rings. The molecule has 0 aromatic heterocycles. The summed E-state index contributed by atoms with van der Waals surface area (Å²) in [5.41, 5.74) is 6.03. The van der Waals surface area contributed by atoms with Crippen molar-refractivity contribution in [1.29, 1.82) is 0 Å². The number of nitrogens with zero attached hydrogens (tertiary/aromatic N) is 1. The molecule has 2 rings (SSSR count). The molecule has 1 aliphatic heterocycles. The fourth-order valence-corrected chi connectivity index (χ4v) is 3.48. The Labute approximate surface area is 156 Å². The molecule has 0 saturated heterocycles. The van der Waals surface area contributed by atoms with Crippen molar-refractivity contribution >= 4 is 0 Å². The van der Waals surface area contributed by atoms with Gasteiger partial charge in [-0.1, -0.05) is 6.08 Å². The highest BCUT2D eigenvalue weighted by atomic mass is 19.4. The zero-order chi connectivity index (χ0) is 20.4. The van der Waals surface area contributed by atoms with Crippen LogP contribution in [0.3, 0.4) is 0 Å². The van der Waals surface area contributed by atoms with Gasteiger partial charge in [0, 0.05) is 17.7 Å². The van der Waals surface area contributed by atoms with Crippen molar-refractivity contribution < 1.29 is 27.2 Å². The lowest BCUT2D eigenvalue weighted by atomic mass is 9.91. The first-order chi connectivity index (χ1) is 12.5. The molecule has 7 heteroatoms. The van der Waals surface area contributed by atoms with Crippen LogP contribution < -0.4 is 5.73 Å². The highest BCUT2D eigenvalue weighted by Crippen LogP contribution is 2.43. The van der Waals surface area contributed by atoms with E-state index in [0.29, 0.717) is 36.8 Å². The number of allylic oxidation sites excluding steroid dienone is 3. The van der Waals surface area contributed by atoms with Crippen LogP contribution in [0.5, 0.6) is 5.75 Å². The first-order valence-electron chi connectivity index (χ1n) is 8.65. The van der Waals surface area contributed by atoms with Gasteiger partial charge < -0.3 is 15.3 Å². The van der Waals surface area contributed by atoms with Gasteiger partial charge in [-0.3, -0.25) is 0 Å². The monoisotopic (exact) mass is 385 g/mol. The molecular formula is C20H25F4N2O+. The second-order valence-electron chi connectivity index (χ2n) is 7.23. The zero-order valence-corrected chi connectivity index (χ0v) is 15.6. The number of aromatic hydroxyl groups is 1. The number of nitrogens with two attached hydrogens (primary N) is 1. The molecule has 0 amide bonds. The van der Waals surface area contributed by atoms with Gasteiger partial charge >= 0.3 is 6.18 Å². The second kappa shape index (κ2) is 7.76. The zero-order valence-electron chi connectivity index (χ0n) is 15.6. The van der Waals surface area contributed by atoms with E-state index in [1.807, 2.05) is 13.1 Å².